The highest BCUT2D eigenvalue weighted by Gasteiger charge is 2.39. The largest absolute Gasteiger partial charge is 0.357 e. The van der Waals surface area contributed by atoms with Crippen molar-refractivity contribution in [3.63, 3.8) is 0 Å². The number of para-hydroxylation sites is 1. The van der Waals surface area contributed by atoms with E-state index in [-0.39, 0.29) is 24.0 Å². The molecule has 2 aliphatic rings. The van der Waals surface area contributed by atoms with Gasteiger partial charge in [-0.15, -0.1) is 24.0 Å². The van der Waals surface area contributed by atoms with Crippen molar-refractivity contribution >= 4 is 45.6 Å². The first-order valence-electron chi connectivity index (χ1n) is 10.00. The molecule has 0 amide bonds. The van der Waals surface area contributed by atoms with E-state index in [1.165, 1.54) is 44.8 Å². The summed E-state index contributed by atoms with van der Waals surface area (Å²) in [6.45, 7) is 5.49. The van der Waals surface area contributed by atoms with E-state index in [0.717, 1.165) is 31.2 Å². The molecule has 28 heavy (non-hydrogen) atoms. The van der Waals surface area contributed by atoms with Gasteiger partial charge < -0.3 is 10.2 Å². The minimum atomic E-state index is -3.31. The summed E-state index contributed by atoms with van der Waals surface area (Å²) in [7, 11) is -3.31. The first kappa shape index (κ1) is 23.3. The van der Waals surface area contributed by atoms with Crippen molar-refractivity contribution in [2.24, 2.45) is 10.4 Å². The molecule has 3 rings (SSSR count). The van der Waals surface area contributed by atoms with E-state index in [1.54, 1.807) is 6.07 Å². The molecular formula is C20H33IN4O2S. The summed E-state index contributed by atoms with van der Waals surface area (Å²) in [5, 5.41) is 3.42. The van der Waals surface area contributed by atoms with Gasteiger partial charge in [-0.3, -0.25) is 4.72 Å². The Morgan fingerprint density at radius 1 is 1.18 bits per heavy atom. The molecular weight excluding hydrogens is 487 g/mol. The van der Waals surface area contributed by atoms with E-state index in [4.69, 9.17) is 4.99 Å². The molecule has 0 aromatic heterocycles. The summed E-state index contributed by atoms with van der Waals surface area (Å²) in [6, 6.07) is 7.45. The fourth-order valence-corrected chi connectivity index (χ4v) is 4.97. The Bertz CT molecular complexity index is 776. The van der Waals surface area contributed by atoms with Crippen LogP contribution in [-0.2, 0) is 16.6 Å². The Kier molecular flexibility index (Phi) is 8.42. The Morgan fingerprint density at radius 3 is 2.57 bits per heavy atom. The van der Waals surface area contributed by atoms with Crippen molar-refractivity contribution in [3.05, 3.63) is 29.8 Å². The predicted octanol–water partition coefficient (Wildman–Crippen LogP) is 3.80. The Hall–Kier alpha value is -1.03. The molecule has 1 saturated heterocycles. The van der Waals surface area contributed by atoms with Gasteiger partial charge in [0.15, 0.2) is 5.96 Å². The van der Waals surface area contributed by atoms with E-state index in [9.17, 15) is 8.42 Å². The predicted molar refractivity (Wildman–Crippen MR) is 127 cm³/mol. The average molecular weight is 520 g/mol. The van der Waals surface area contributed by atoms with Gasteiger partial charge in [0.1, 0.15) is 0 Å². The fraction of sp³-hybridized carbons (Fsp3) is 0.650. The van der Waals surface area contributed by atoms with Crippen LogP contribution in [-0.4, -0.2) is 45.2 Å². The first-order valence-corrected chi connectivity index (χ1v) is 11.9. The summed E-state index contributed by atoms with van der Waals surface area (Å²) in [4.78, 5) is 7.22. The third-order valence-corrected chi connectivity index (χ3v) is 6.29. The molecule has 2 N–H and O–H groups in total. The monoisotopic (exact) mass is 520 g/mol. The maximum Gasteiger partial charge on any atom is 0.229 e. The van der Waals surface area contributed by atoms with Gasteiger partial charge in [0.25, 0.3) is 0 Å². The first-order chi connectivity index (χ1) is 12.9. The van der Waals surface area contributed by atoms with Crippen molar-refractivity contribution in [1.29, 1.82) is 0 Å². The highest BCUT2D eigenvalue weighted by Crippen LogP contribution is 2.43. The maximum absolute atomic E-state index is 11.6. The Balaban J connectivity index is 0.00000280. The summed E-state index contributed by atoms with van der Waals surface area (Å²) in [5.74, 6) is 0.939. The molecule has 1 aliphatic heterocycles. The number of benzene rings is 1. The molecule has 0 unspecified atom stereocenters. The second-order valence-electron chi connectivity index (χ2n) is 7.93. The van der Waals surface area contributed by atoms with E-state index in [0.29, 0.717) is 17.6 Å². The number of anilines is 1. The highest BCUT2D eigenvalue weighted by molar-refractivity contribution is 14.0. The zero-order valence-electron chi connectivity index (χ0n) is 16.9. The van der Waals surface area contributed by atoms with Crippen molar-refractivity contribution in [2.45, 2.75) is 52.0 Å². The van der Waals surface area contributed by atoms with Gasteiger partial charge in [0, 0.05) is 19.6 Å². The number of aliphatic imine (C=N–C) groups is 1. The Labute approximate surface area is 186 Å². The second-order valence-corrected chi connectivity index (χ2v) is 9.68. The van der Waals surface area contributed by atoms with Gasteiger partial charge in [-0.2, -0.15) is 0 Å². The highest BCUT2D eigenvalue weighted by atomic mass is 127. The maximum atomic E-state index is 11.6. The minimum absolute atomic E-state index is 0. The quantitative estimate of drug-likeness (QED) is 0.352. The van der Waals surface area contributed by atoms with Crippen LogP contribution in [0.5, 0.6) is 0 Å². The number of nitrogens with zero attached hydrogens (tertiary/aromatic N) is 2. The number of likely N-dealkylation sites (tertiary alicyclic amines) is 1. The van der Waals surface area contributed by atoms with Crippen molar-refractivity contribution in [2.75, 3.05) is 30.6 Å². The Morgan fingerprint density at radius 2 is 1.89 bits per heavy atom. The van der Waals surface area contributed by atoms with E-state index < -0.39 is 10.0 Å². The molecule has 0 radical (unpaired) electrons. The lowest BCUT2D eigenvalue weighted by molar-refractivity contribution is 0.203. The molecule has 0 bridgehead atoms. The van der Waals surface area contributed by atoms with Crippen molar-refractivity contribution in [3.8, 4) is 0 Å². The van der Waals surface area contributed by atoms with Crippen molar-refractivity contribution < 1.29 is 8.42 Å². The van der Waals surface area contributed by atoms with Crippen LogP contribution in [0.1, 0.15) is 51.0 Å². The summed E-state index contributed by atoms with van der Waals surface area (Å²) in [5.41, 5.74) is 1.96. The second kappa shape index (κ2) is 10.1. The lowest BCUT2D eigenvalue weighted by Gasteiger charge is -2.33. The molecule has 1 spiro atoms. The van der Waals surface area contributed by atoms with Crippen LogP contribution >= 0.6 is 24.0 Å². The fourth-order valence-electron chi connectivity index (χ4n) is 4.37. The van der Waals surface area contributed by atoms with Gasteiger partial charge in [-0.1, -0.05) is 37.5 Å². The third kappa shape index (κ3) is 6.23. The van der Waals surface area contributed by atoms with Gasteiger partial charge >= 0.3 is 0 Å². The average Bonchev–Trinajstić information content (AvgIpc) is 3.02. The lowest BCUT2D eigenvalue weighted by atomic mass is 9.73. The molecule has 1 aromatic rings. The number of sulfonamides is 1. The molecule has 1 aromatic carbocycles. The van der Waals surface area contributed by atoms with Crippen LogP contribution in [0.4, 0.5) is 5.69 Å². The number of nitrogens with one attached hydrogen (secondary N) is 2. The molecule has 1 aliphatic carbocycles. The van der Waals surface area contributed by atoms with E-state index in [1.807, 2.05) is 18.2 Å². The van der Waals surface area contributed by atoms with Crippen LogP contribution in [0.15, 0.2) is 29.3 Å². The van der Waals surface area contributed by atoms with Crippen LogP contribution in [0, 0.1) is 5.41 Å². The van der Waals surface area contributed by atoms with Gasteiger partial charge in [-0.25, -0.2) is 13.4 Å². The summed E-state index contributed by atoms with van der Waals surface area (Å²) >= 11 is 0. The van der Waals surface area contributed by atoms with Crippen LogP contribution in [0.3, 0.4) is 0 Å². The SMILES string of the molecule is CCNC(=NCc1ccccc1NS(C)(=O)=O)N1CCC2(CCCCC2)C1.I. The molecule has 1 heterocycles. The van der Waals surface area contributed by atoms with Gasteiger partial charge in [0.2, 0.25) is 10.0 Å². The molecule has 6 nitrogen and oxygen atoms in total. The number of guanidine groups is 1. The third-order valence-electron chi connectivity index (χ3n) is 5.70. The van der Waals surface area contributed by atoms with Gasteiger partial charge in [-0.05, 0) is 43.2 Å². The van der Waals surface area contributed by atoms with Gasteiger partial charge in [0.05, 0.1) is 18.5 Å². The number of halogens is 1. The van der Waals surface area contributed by atoms with Crippen LogP contribution < -0.4 is 10.0 Å². The molecule has 8 heteroatoms. The molecule has 158 valence electrons. The summed E-state index contributed by atoms with van der Waals surface area (Å²) in [6.07, 6.45) is 9.18. The normalized spacial score (nSPS) is 19.4. The minimum Gasteiger partial charge on any atom is -0.357 e. The van der Waals surface area contributed by atoms with E-state index in [2.05, 4.69) is 21.9 Å². The topological polar surface area (TPSA) is 73.8 Å². The number of hydrogen-bond donors (Lipinski definition) is 2. The molecule has 0 atom stereocenters. The van der Waals surface area contributed by atoms with Crippen LogP contribution in [0.25, 0.3) is 0 Å². The standard InChI is InChI=1S/C20H32N4O2S.HI/c1-3-21-19(24-14-13-20(16-24)11-7-4-8-12-20)22-15-17-9-5-6-10-18(17)23-27(2,25)26;/h5-6,9-10,23H,3-4,7-8,11-16H2,1-2H3,(H,21,22);1H. The van der Waals surface area contributed by atoms with Crippen LogP contribution in [0.2, 0.25) is 0 Å². The molecule has 2 fully saturated rings. The smallest absolute Gasteiger partial charge is 0.229 e. The molecule has 1 saturated carbocycles. The number of rotatable bonds is 5. The van der Waals surface area contributed by atoms with E-state index >= 15 is 0 Å². The lowest BCUT2D eigenvalue weighted by Crippen LogP contribution is -2.41. The number of hydrogen-bond acceptors (Lipinski definition) is 3. The summed E-state index contributed by atoms with van der Waals surface area (Å²) < 4.78 is 25.8. The van der Waals surface area contributed by atoms with Crippen molar-refractivity contribution in [1.82, 2.24) is 10.2 Å². The zero-order chi connectivity index (χ0) is 19.3. The zero-order valence-corrected chi connectivity index (χ0v) is 20.1.